The summed E-state index contributed by atoms with van der Waals surface area (Å²) < 4.78 is 9.08. The number of para-hydroxylation sites is 1. The Morgan fingerprint density at radius 3 is 2.85 bits per heavy atom. The van der Waals surface area contributed by atoms with Gasteiger partial charge in [-0.05, 0) is 49.8 Å². The Kier molecular flexibility index (Phi) is 5.49. The van der Waals surface area contributed by atoms with Gasteiger partial charge in [0.1, 0.15) is 16.8 Å². The van der Waals surface area contributed by atoms with E-state index in [1.807, 2.05) is 30.3 Å². The Labute approximate surface area is 194 Å². The molecule has 3 heterocycles. The highest BCUT2D eigenvalue weighted by molar-refractivity contribution is 7.18. The number of aryl methyl sites for hydroxylation is 1. The molecule has 1 aromatic carbocycles. The van der Waals surface area contributed by atoms with Gasteiger partial charge in [0, 0.05) is 11.9 Å². The highest BCUT2D eigenvalue weighted by Gasteiger charge is 2.24. The van der Waals surface area contributed by atoms with Crippen LogP contribution in [0.4, 0.5) is 5.69 Å². The number of amides is 1. The predicted molar refractivity (Wildman–Crippen MR) is 128 cm³/mol. The quantitative estimate of drug-likeness (QED) is 0.488. The monoisotopic (exact) mass is 463 g/mol. The molecule has 1 atom stereocenters. The number of nitrogens with zero attached hydrogens (tertiary/aromatic N) is 4. The number of nitrogens with one attached hydrogen (secondary N) is 1. The second-order valence-electron chi connectivity index (χ2n) is 8.48. The number of hydrogen-bond donors (Lipinski definition) is 1. The molecule has 0 radical (unpaired) electrons. The lowest BCUT2D eigenvalue weighted by Gasteiger charge is -2.18. The lowest BCUT2D eigenvalue weighted by atomic mass is 9.89. The summed E-state index contributed by atoms with van der Waals surface area (Å²) in [7, 11) is 1.79. The Bertz CT molecular complexity index is 1400. The van der Waals surface area contributed by atoms with E-state index in [4.69, 9.17) is 4.74 Å². The number of carbonyl (C=O) groups is 1. The van der Waals surface area contributed by atoms with Crippen LogP contribution in [0.1, 0.15) is 29.5 Å². The van der Waals surface area contributed by atoms with E-state index >= 15 is 0 Å². The van der Waals surface area contributed by atoms with Crippen LogP contribution in [-0.4, -0.2) is 31.8 Å². The van der Waals surface area contributed by atoms with Gasteiger partial charge in [-0.1, -0.05) is 25.1 Å². The molecule has 1 amide bonds. The number of benzene rings is 1. The van der Waals surface area contributed by atoms with Crippen molar-refractivity contribution in [3.63, 3.8) is 0 Å². The molecule has 0 fully saturated rings. The van der Waals surface area contributed by atoms with Crippen molar-refractivity contribution in [3.8, 4) is 11.6 Å². The van der Waals surface area contributed by atoms with Gasteiger partial charge in [0.05, 0.1) is 16.8 Å². The van der Waals surface area contributed by atoms with Gasteiger partial charge in [0.25, 0.3) is 11.5 Å². The van der Waals surface area contributed by atoms with Gasteiger partial charge in [-0.3, -0.25) is 14.3 Å². The van der Waals surface area contributed by atoms with Crippen LogP contribution in [0.5, 0.6) is 5.88 Å². The van der Waals surface area contributed by atoms with Gasteiger partial charge < -0.3 is 10.1 Å². The first kappa shape index (κ1) is 21.4. The van der Waals surface area contributed by atoms with E-state index in [1.165, 1.54) is 21.4 Å². The third-order valence-electron chi connectivity index (χ3n) is 6.22. The van der Waals surface area contributed by atoms with Crippen LogP contribution < -0.4 is 15.6 Å². The van der Waals surface area contributed by atoms with Crippen LogP contribution in [0.25, 0.3) is 15.9 Å². The smallest absolute Gasteiger partial charge is 0.295 e. The molecule has 170 valence electrons. The standard InChI is InChI=1S/C24H25N5O3S/c1-14-9-10-17-18(11-14)33-23-20(17)22(25-13-26-23)32-12-19(30)27-21-15(2)28(3)29(24(21)31)16-7-5-4-6-8-16/h4-8,13-14H,9-12H2,1-3H3,(H,27,30). The van der Waals surface area contributed by atoms with Crippen molar-refractivity contribution in [2.24, 2.45) is 13.0 Å². The molecule has 4 aromatic rings. The third kappa shape index (κ3) is 3.82. The van der Waals surface area contributed by atoms with Crippen LogP contribution in [0, 0.1) is 12.8 Å². The summed E-state index contributed by atoms with van der Waals surface area (Å²) in [5, 5.41) is 3.65. The molecule has 0 saturated heterocycles. The zero-order valence-corrected chi connectivity index (χ0v) is 19.6. The fourth-order valence-electron chi connectivity index (χ4n) is 4.38. The van der Waals surface area contributed by atoms with E-state index in [2.05, 4.69) is 22.2 Å². The van der Waals surface area contributed by atoms with Crippen LogP contribution in [0.3, 0.4) is 0 Å². The van der Waals surface area contributed by atoms with Gasteiger partial charge in [-0.2, -0.15) is 0 Å². The molecule has 1 aliphatic rings. The number of fused-ring (bicyclic) bond motifs is 3. The van der Waals surface area contributed by atoms with Gasteiger partial charge >= 0.3 is 0 Å². The summed E-state index contributed by atoms with van der Waals surface area (Å²) in [6, 6.07) is 9.31. The maximum Gasteiger partial charge on any atom is 0.295 e. The molecule has 3 aromatic heterocycles. The zero-order chi connectivity index (χ0) is 23.1. The largest absolute Gasteiger partial charge is 0.467 e. The predicted octanol–water partition coefficient (Wildman–Crippen LogP) is 3.63. The zero-order valence-electron chi connectivity index (χ0n) is 18.8. The minimum Gasteiger partial charge on any atom is -0.467 e. The van der Waals surface area contributed by atoms with E-state index < -0.39 is 5.91 Å². The summed E-state index contributed by atoms with van der Waals surface area (Å²) in [6.07, 6.45) is 4.60. The number of carbonyl (C=O) groups excluding carboxylic acids is 1. The highest BCUT2D eigenvalue weighted by Crippen LogP contribution is 2.40. The topological polar surface area (TPSA) is 91.0 Å². The number of hydrogen-bond acceptors (Lipinski definition) is 6. The Balaban J connectivity index is 1.36. The summed E-state index contributed by atoms with van der Waals surface area (Å²) in [5.74, 6) is 0.668. The maximum absolute atomic E-state index is 13.0. The summed E-state index contributed by atoms with van der Waals surface area (Å²) in [6.45, 7) is 3.81. The number of thiophene rings is 1. The van der Waals surface area contributed by atoms with Gasteiger partial charge in [-0.15, -0.1) is 11.3 Å². The lowest BCUT2D eigenvalue weighted by Crippen LogP contribution is -2.26. The Morgan fingerprint density at radius 2 is 2.06 bits per heavy atom. The minimum atomic E-state index is -0.412. The lowest BCUT2D eigenvalue weighted by molar-refractivity contribution is -0.118. The van der Waals surface area contributed by atoms with E-state index in [-0.39, 0.29) is 17.9 Å². The minimum absolute atomic E-state index is 0.240. The van der Waals surface area contributed by atoms with Gasteiger partial charge in [0.2, 0.25) is 5.88 Å². The molecule has 1 unspecified atom stereocenters. The molecule has 0 bridgehead atoms. The molecular formula is C24H25N5O3S. The summed E-state index contributed by atoms with van der Waals surface area (Å²) in [5.41, 5.74) is 2.57. The molecule has 9 heteroatoms. The van der Waals surface area contributed by atoms with Crippen LogP contribution in [-0.2, 0) is 24.7 Å². The number of ether oxygens (including phenoxy) is 1. The van der Waals surface area contributed by atoms with E-state index in [1.54, 1.807) is 30.0 Å². The van der Waals surface area contributed by atoms with Crippen molar-refractivity contribution in [2.45, 2.75) is 33.1 Å². The van der Waals surface area contributed by atoms with E-state index in [0.29, 0.717) is 17.5 Å². The first-order chi connectivity index (χ1) is 15.9. The van der Waals surface area contributed by atoms with Crippen molar-refractivity contribution in [1.29, 1.82) is 0 Å². The average Bonchev–Trinajstić information content (AvgIpc) is 3.28. The molecule has 0 saturated carbocycles. The normalized spacial score (nSPS) is 15.4. The molecule has 1 N–H and O–H groups in total. The molecule has 33 heavy (non-hydrogen) atoms. The fourth-order valence-corrected chi connectivity index (χ4v) is 5.72. The van der Waals surface area contributed by atoms with Gasteiger partial charge in [-0.25, -0.2) is 14.6 Å². The first-order valence-electron chi connectivity index (χ1n) is 11.0. The fraction of sp³-hybridized carbons (Fsp3) is 0.333. The van der Waals surface area contributed by atoms with Crippen molar-refractivity contribution in [3.05, 3.63) is 63.1 Å². The maximum atomic E-state index is 13.0. The molecule has 8 nitrogen and oxygen atoms in total. The molecule has 0 spiro atoms. The average molecular weight is 464 g/mol. The Morgan fingerprint density at radius 1 is 1.27 bits per heavy atom. The van der Waals surface area contributed by atoms with E-state index in [0.717, 1.165) is 35.2 Å². The highest BCUT2D eigenvalue weighted by atomic mass is 32.1. The van der Waals surface area contributed by atoms with Crippen molar-refractivity contribution in [2.75, 3.05) is 11.9 Å². The Hall–Kier alpha value is -3.46. The van der Waals surface area contributed by atoms with Crippen molar-refractivity contribution < 1.29 is 9.53 Å². The van der Waals surface area contributed by atoms with Crippen LogP contribution in [0.2, 0.25) is 0 Å². The molecule has 5 rings (SSSR count). The molecular weight excluding hydrogens is 438 g/mol. The van der Waals surface area contributed by atoms with E-state index in [9.17, 15) is 9.59 Å². The van der Waals surface area contributed by atoms with Crippen molar-refractivity contribution >= 4 is 33.1 Å². The van der Waals surface area contributed by atoms with Crippen LogP contribution in [0.15, 0.2) is 41.5 Å². The number of anilines is 1. The second-order valence-corrected chi connectivity index (χ2v) is 9.57. The van der Waals surface area contributed by atoms with Crippen molar-refractivity contribution in [1.82, 2.24) is 19.3 Å². The summed E-state index contributed by atoms with van der Waals surface area (Å²) in [4.78, 5) is 36.7. The summed E-state index contributed by atoms with van der Waals surface area (Å²) >= 11 is 1.68. The molecule has 0 aliphatic heterocycles. The number of aromatic nitrogens is 4. The number of rotatable bonds is 5. The van der Waals surface area contributed by atoms with Crippen LogP contribution >= 0.6 is 11.3 Å². The first-order valence-corrected chi connectivity index (χ1v) is 11.8. The molecule has 1 aliphatic carbocycles. The third-order valence-corrected chi connectivity index (χ3v) is 7.38. The second kappa shape index (κ2) is 8.47. The van der Waals surface area contributed by atoms with Gasteiger partial charge in [0.15, 0.2) is 6.61 Å². The SMILES string of the molecule is Cc1c(NC(=O)COc2ncnc3sc4c(c23)CCC(C)C4)c(=O)n(-c2ccccc2)n1C.